The summed E-state index contributed by atoms with van der Waals surface area (Å²) < 4.78 is 21.1. The van der Waals surface area contributed by atoms with Crippen LogP contribution in [-0.2, 0) is 13.6 Å². The van der Waals surface area contributed by atoms with E-state index < -0.39 is 6.10 Å². The van der Waals surface area contributed by atoms with Crippen LogP contribution in [0.1, 0.15) is 36.5 Å². The number of aryl methyl sites for hydroxylation is 1. The van der Waals surface area contributed by atoms with Gasteiger partial charge >= 0.3 is 0 Å². The minimum Gasteiger partial charge on any atom is -0.494 e. The molecule has 2 aromatic rings. The van der Waals surface area contributed by atoms with E-state index in [0.717, 1.165) is 24.9 Å². The number of hydrogen-bond acceptors (Lipinski definition) is 4. The Morgan fingerprint density at radius 1 is 1.46 bits per heavy atom. The lowest BCUT2D eigenvalue weighted by Gasteiger charge is -2.26. The number of aromatic nitrogens is 2. The number of ether oxygens (including phenoxy) is 1. The molecule has 2 heterocycles. The van der Waals surface area contributed by atoms with E-state index in [1.165, 1.54) is 7.11 Å². The highest BCUT2D eigenvalue weighted by atomic mass is 19.1. The molecule has 1 aromatic carbocycles. The second-order valence-electron chi connectivity index (χ2n) is 6.40. The van der Waals surface area contributed by atoms with E-state index in [-0.39, 0.29) is 17.6 Å². The summed E-state index contributed by atoms with van der Waals surface area (Å²) in [7, 11) is 3.31. The number of aliphatic hydroxyl groups is 1. The molecule has 1 N–H and O–H groups in total. The number of rotatable bonds is 6. The summed E-state index contributed by atoms with van der Waals surface area (Å²) in [6.07, 6.45) is 5.72. The van der Waals surface area contributed by atoms with Crippen molar-refractivity contribution >= 4 is 0 Å². The van der Waals surface area contributed by atoms with Crippen LogP contribution in [0.25, 0.3) is 0 Å². The van der Waals surface area contributed by atoms with Gasteiger partial charge in [0.05, 0.1) is 19.4 Å². The molecule has 0 bridgehead atoms. The molecule has 0 amide bonds. The average Bonchev–Trinajstić information content (AvgIpc) is 3.19. The first kappa shape index (κ1) is 16.9. The molecule has 2 atom stereocenters. The molecular formula is C18H24FN3O2. The van der Waals surface area contributed by atoms with Gasteiger partial charge in [0.25, 0.3) is 0 Å². The SMILES string of the molecule is COc1cccc(CN2CCC[C@H]2C[C@@H](O)c2cnn(C)c2)c1F. The van der Waals surface area contributed by atoms with Crippen molar-refractivity contribution in [3.8, 4) is 5.75 Å². The second-order valence-corrected chi connectivity index (χ2v) is 6.40. The minimum atomic E-state index is -0.542. The van der Waals surface area contributed by atoms with Crippen molar-refractivity contribution in [1.29, 1.82) is 0 Å². The fourth-order valence-corrected chi connectivity index (χ4v) is 3.43. The molecule has 1 fully saturated rings. The summed E-state index contributed by atoms with van der Waals surface area (Å²) in [5.74, 6) is -0.0166. The first-order chi connectivity index (χ1) is 11.6. The summed E-state index contributed by atoms with van der Waals surface area (Å²) >= 11 is 0. The third-order valence-corrected chi connectivity index (χ3v) is 4.74. The number of hydrogen-bond donors (Lipinski definition) is 1. The summed E-state index contributed by atoms with van der Waals surface area (Å²) in [5.41, 5.74) is 1.47. The predicted molar refractivity (Wildman–Crippen MR) is 89.2 cm³/mol. The monoisotopic (exact) mass is 333 g/mol. The van der Waals surface area contributed by atoms with Crippen LogP contribution in [0.2, 0.25) is 0 Å². The molecule has 130 valence electrons. The van der Waals surface area contributed by atoms with Crippen LogP contribution in [0.5, 0.6) is 5.75 Å². The molecule has 1 aliphatic heterocycles. The maximum absolute atomic E-state index is 14.4. The number of benzene rings is 1. The Kier molecular flexibility index (Phi) is 5.16. The molecule has 3 rings (SSSR count). The van der Waals surface area contributed by atoms with E-state index in [1.54, 1.807) is 23.0 Å². The summed E-state index contributed by atoms with van der Waals surface area (Å²) in [5, 5.41) is 14.6. The van der Waals surface area contributed by atoms with Gasteiger partial charge in [-0.3, -0.25) is 9.58 Å². The molecule has 24 heavy (non-hydrogen) atoms. The number of likely N-dealkylation sites (tertiary alicyclic amines) is 1. The van der Waals surface area contributed by atoms with Gasteiger partial charge in [-0.1, -0.05) is 12.1 Å². The van der Waals surface area contributed by atoms with Crippen LogP contribution in [0.4, 0.5) is 4.39 Å². The summed E-state index contributed by atoms with van der Waals surface area (Å²) in [6.45, 7) is 1.45. The highest BCUT2D eigenvalue weighted by Crippen LogP contribution is 2.30. The fourth-order valence-electron chi connectivity index (χ4n) is 3.43. The molecule has 0 radical (unpaired) electrons. The lowest BCUT2D eigenvalue weighted by molar-refractivity contribution is 0.117. The molecule has 0 saturated carbocycles. The van der Waals surface area contributed by atoms with Crippen molar-refractivity contribution < 1.29 is 14.2 Å². The summed E-state index contributed by atoms with van der Waals surface area (Å²) in [4.78, 5) is 2.25. The third-order valence-electron chi connectivity index (χ3n) is 4.74. The van der Waals surface area contributed by atoms with E-state index >= 15 is 0 Å². The van der Waals surface area contributed by atoms with Gasteiger partial charge in [0, 0.05) is 37.0 Å². The minimum absolute atomic E-state index is 0.241. The smallest absolute Gasteiger partial charge is 0.169 e. The van der Waals surface area contributed by atoms with E-state index in [1.807, 2.05) is 19.3 Å². The van der Waals surface area contributed by atoms with Crippen LogP contribution in [-0.4, -0.2) is 39.5 Å². The van der Waals surface area contributed by atoms with Crippen molar-refractivity contribution in [3.05, 3.63) is 47.5 Å². The molecule has 6 heteroatoms. The van der Waals surface area contributed by atoms with Gasteiger partial charge in [0.2, 0.25) is 0 Å². The first-order valence-electron chi connectivity index (χ1n) is 8.30. The Bertz CT molecular complexity index is 689. The molecule has 0 spiro atoms. The lowest BCUT2D eigenvalue weighted by atomic mass is 10.0. The molecule has 0 aliphatic carbocycles. The number of methoxy groups -OCH3 is 1. The Hall–Kier alpha value is -1.92. The van der Waals surface area contributed by atoms with Gasteiger partial charge in [-0.25, -0.2) is 4.39 Å². The molecular weight excluding hydrogens is 309 g/mol. The van der Waals surface area contributed by atoms with Gasteiger partial charge in [0.1, 0.15) is 0 Å². The van der Waals surface area contributed by atoms with E-state index in [9.17, 15) is 9.50 Å². The van der Waals surface area contributed by atoms with E-state index in [0.29, 0.717) is 18.5 Å². The highest BCUT2D eigenvalue weighted by molar-refractivity contribution is 5.31. The van der Waals surface area contributed by atoms with Crippen molar-refractivity contribution in [3.63, 3.8) is 0 Å². The largest absolute Gasteiger partial charge is 0.494 e. The normalized spacial score (nSPS) is 19.6. The predicted octanol–water partition coefficient (Wildman–Crippen LogP) is 2.66. The average molecular weight is 333 g/mol. The first-order valence-corrected chi connectivity index (χ1v) is 8.30. The van der Waals surface area contributed by atoms with Crippen LogP contribution in [0.3, 0.4) is 0 Å². The van der Waals surface area contributed by atoms with Crippen LogP contribution in [0, 0.1) is 5.82 Å². The third kappa shape index (κ3) is 3.60. The second kappa shape index (κ2) is 7.32. The van der Waals surface area contributed by atoms with Crippen LogP contribution < -0.4 is 4.74 Å². The molecule has 1 saturated heterocycles. The topological polar surface area (TPSA) is 50.5 Å². The molecule has 0 unspecified atom stereocenters. The Labute approximate surface area is 141 Å². The summed E-state index contributed by atoms with van der Waals surface area (Å²) in [6, 6.07) is 5.48. The maximum atomic E-state index is 14.4. The standard InChI is InChI=1S/C18H24FN3O2/c1-21-11-14(10-20-21)16(23)9-15-6-4-8-22(15)12-13-5-3-7-17(24-2)18(13)19/h3,5,7,10-11,15-16,23H,4,6,8-9,12H2,1-2H3/t15-,16+/m0/s1. The zero-order valence-corrected chi connectivity index (χ0v) is 14.2. The number of nitrogens with zero attached hydrogens (tertiary/aromatic N) is 3. The van der Waals surface area contributed by atoms with Crippen molar-refractivity contribution in [2.24, 2.45) is 7.05 Å². The lowest BCUT2D eigenvalue weighted by Crippen LogP contribution is -2.30. The Morgan fingerprint density at radius 2 is 2.29 bits per heavy atom. The van der Waals surface area contributed by atoms with Gasteiger partial charge in [0.15, 0.2) is 11.6 Å². The fraction of sp³-hybridized carbons (Fsp3) is 0.500. The van der Waals surface area contributed by atoms with E-state index in [2.05, 4.69) is 10.00 Å². The van der Waals surface area contributed by atoms with Crippen molar-refractivity contribution in [2.75, 3.05) is 13.7 Å². The van der Waals surface area contributed by atoms with E-state index in [4.69, 9.17) is 4.74 Å². The number of aliphatic hydroxyl groups excluding tert-OH is 1. The van der Waals surface area contributed by atoms with Crippen LogP contribution in [0.15, 0.2) is 30.6 Å². The highest BCUT2D eigenvalue weighted by Gasteiger charge is 2.28. The maximum Gasteiger partial charge on any atom is 0.169 e. The quantitative estimate of drug-likeness (QED) is 0.883. The molecule has 1 aliphatic rings. The van der Waals surface area contributed by atoms with Gasteiger partial charge in [-0.05, 0) is 31.9 Å². The van der Waals surface area contributed by atoms with Crippen molar-refractivity contribution in [1.82, 2.24) is 14.7 Å². The van der Waals surface area contributed by atoms with Crippen LogP contribution >= 0.6 is 0 Å². The Morgan fingerprint density at radius 3 is 3.00 bits per heavy atom. The van der Waals surface area contributed by atoms with Gasteiger partial charge < -0.3 is 9.84 Å². The van der Waals surface area contributed by atoms with Gasteiger partial charge in [-0.2, -0.15) is 5.10 Å². The van der Waals surface area contributed by atoms with Crippen molar-refractivity contribution in [2.45, 2.75) is 38.0 Å². The number of halogens is 1. The molecule has 1 aromatic heterocycles. The zero-order chi connectivity index (χ0) is 17.1. The Balaban J connectivity index is 1.67. The molecule has 5 nitrogen and oxygen atoms in total. The zero-order valence-electron chi connectivity index (χ0n) is 14.2. The van der Waals surface area contributed by atoms with Gasteiger partial charge in [-0.15, -0.1) is 0 Å².